The first-order valence-corrected chi connectivity index (χ1v) is 7.34. The topological polar surface area (TPSA) is 41.1 Å². The summed E-state index contributed by atoms with van der Waals surface area (Å²) >= 11 is 0. The lowest BCUT2D eigenvalue weighted by Crippen LogP contribution is -2.53. The molecule has 1 heterocycles. The fourth-order valence-corrected chi connectivity index (χ4v) is 2.84. The Morgan fingerprint density at radius 2 is 2.00 bits per heavy atom. The van der Waals surface area contributed by atoms with E-state index < -0.39 is 5.54 Å². The van der Waals surface area contributed by atoms with Crippen molar-refractivity contribution in [1.29, 1.82) is 0 Å². The quantitative estimate of drug-likeness (QED) is 0.854. The summed E-state index contributed by atoms with van der Waals surface area (Å²) in [6.07, 6.45) is 3.88. The molecule has 1 amide bonds. The zero-order valence-corrected chi connectivity index (χ0v) is 11.9. The van der Waals surface area contributed by atoms with E-state index >= 15 is 0 Å². The van der Waals surface area contributed by atoms with E-state index in [-0.39, 0.29) is 11.9 Å². The van der Waals surface area contributed by atoms with Crippen LogP contribution in [0.25, 0.3) is 0 Å². The van der Waals surface area contributed by atoms with Gasteiger partial charge in [-0.25, -0.2) is 0 Å². The van der Waals surface area contributed by atoms with Crippen LogP contribution in [0.2, 0.25) is 0 Å². The van der Waals surface area contributed by atoms with Gasteiger partial charge < -0.3 is 5.32 Å². The molecule has 104 valence electrons. The second-order valence-corrected chi connectivity index (χ2v) is 5.29. The first-order chi connectivity index (χ1) is 9.23. The second kappa shape index (κ2) is 6.20. The zero-order valence-electron chi connectivity index (χ0n) is 11.9. The van der Waals surface area contributed by atoms with Crippen LogP contribution in [0.1, 0.15) is 45.1 Å². The molecule has 3 heteroatoms. The molecule has 0 bridgehead atoms. The van der Waals surface area contributed by atoms with E-state index in [1.54, 1.807) is 0 Å². The van der Waals surface area contributed by atoms with E-state index in [1.165, 1.54) is 0 Å². The van der Waals surface area contributed by atoms with E-state index in [0.717, 1.165) is 37.8 Å². The number of nitrogens with one attached hydrogen (secondary N) is 2. The number of carbonyl (C=O) groups is 1. The zero-order chi connectivity index (χ0) is 13.7. The van der Waals surface area contributed by atoms with Crippen molar-refractivity contribution in [2.24, 2.45) is 0 Å². The molecule has 0 saturated carbocycles. The summed E-state index contributed by atoms with van der Waals surface area (Å²) in [5.41, 5.74) is 0.556. The van der Waals surface area contributed by atoms with Gasteiger partial charge in [0.15, 0.2) is 0 Å². The summed E-state index contributed by atoms with van der Waals surface area (Å²) in [7, 11) is 0. The molecular weight excluding hydrogens is 236 g/mol. The maximum Gasteiger partial charge on any atom is 0.245 e. The molecule has 2 N–H and O–H groups in total. The molecule has 1 aromatic rings. The van der Waals surface area contributed by atoms with E-state index in [1.807, 2.05) is 30.3 Å². The summed E-state index contributed by atoms with van der Waals surface area (Å²) in [4.78, 5) is 12.7. The molecule has 1 aliphatic heterocycles. The maximum absolute atomic E-state index is 12.7. The van der Waals surface area contributed by atoms with Crippen LogP contribution in [0.5, 0.6) is 0 Å². The smallest absolute Gasteiger partial charge is 0.245 e. The normalized spacial score (nSPS) is 22.7. The van der Waals surface area contributed by atoms with Crippen LogP contribution in [0.3, 0.4) is 0 Å². The number of benzene rings is 1. The van der Waals surface area contributed by atoms with E-state index in [9.17, 15) is 4.79 Å². The highest BCUT2D eigenvalue weighted by Crippen LogP contribution is 2.31. The van der Waals surface area contributed by atoms with E-state index in [0.29, 0.717) is 0 Å². The molecule has 2 rings (SSSR count). The Balaban J connectivity index is 2.23. The summed E-state index contributed by atoms with van der Waals surface area (Å²) in [5.74, 6) is 0.130. The lowest BCUT2D eigenvalue weighted by Gasteiger charge is -2.31. The predicted octanol–water partition coefficient (Wildman–Crippen LogP) is 2.57. The lowest BCUT2D eigenvalue weighted by molar-refractivity contribution is -0.128. The predicted molar refractivity (Wildman–Crippen MR) is 77.9 cm³/mol. The van der Waals surface area contributed by atoms with Gasteiger partial charge in [0.25, 0.3) is 0 Å². The molecule has 3 nitrogen and oxygen atoms in total. The van der Waals surface area contributed by atoms with Gasteiger partial charge in [-0.1, -0.05) is 44.2 Å². The Kier molecular flexibility index (Phi) is 4.59. The minimum Gasteiger partial charge on any atom is -0.351 e. The molecule has 0 spiro atoms. The SMILES string of the molecule is CCC(CC)NC(=O)C1(c2ccccc2)CCCN1. The third-order valence-electron chi connectivity index (χ3n) is 4.13. The largest absolute Gasteiger partial charge is 0.351 e. The number of hydrogen-bond donors (Lipinski definition) is 2. The van der Waals surface area contributed by atoms with Crippen LogP contribution in [0, 0.1) is 0 Å². The van der Waals surface area contributed by atoms with Gasteiger partial charge in [-0.2, -0.15) is 0 Å². The first kappa shape index (κ1) is 14.1. The van der Waals surface area contributed by atoms with Crippen LogP contribution >= 0.6 is 0 Å². The summed E-state index contributed by atoms with van der Waals surface area (Å²) in [6.45, 7) is 5.14. The van der Waals surface area contributed by atoms with Gasteiger partial charge in [0.05, 0.1) is 0 Å². The fourth-order valence-electron chi connectivity index (χ4n) is 2.84. The average molecular weight is 260 g/mol. The average Bonchev–Trinajstić information content (AvgIpc) is 2.96. The number of amides is 1. The minimum absolute atomic E-state index is 0.130. The van der Waals surface area contributed by atoms with Crippen LogP contribution in [0.15, 0.2) is 30.3 Å². The van der Waals surface area contributed by atoms with Crippen molar-refractivity contribution in [1.82, 2.24) is 10.6 Å². The van der Waals surface area contributed by atoms with Crippen molar-refractivity contribution >= 4 is 5.91 Å². The highest BCUT2D eigenvalue weighted by molar-refractivity contribution is 5.88. The minimum atomic E-state index is -0.524. The summed E-state index contributed by atoms with van der Waals surface area (Å²) in [6, 6.07) is 10.4. The standard InChI is InChI=1S/C16H24N2O/c1-3-14(4-2)18-15(19)16(11-8-12-17-16)13-9-6-5-7-10-13/h5-7,9-10,14,17H,3-4,8,11-12H2,1-2H3,(H,18,19). The Morgan fingerprint density at radius 3 is 2.53 bits per heavy atom. The number of carbonyl (C=O) groups excluding carboxylic acids is 1. The van der Waals surface area contributed by atoms with Gasteiger partial charge in [0.2, 0.25) is 5.91 Å². The van der Waals surface area contributed by atoms with Gasteiger partial charge in [0, 0.05) is 6.04 Å². The molecule has 0 aliphatic carbocycles. The molecule has 0 aromatic heterocycles. The molecule has 1 aromatic carbocycles. The van der Waals surface area contributed by atoms with Gasteiger partial charge in [-0.15, -0.1) is 0 Å². The molecule has 1 saturated heterocycles. The van der Waals surface area contributed by atoms with Gasteiger partial charge in [-0.05, 0) is 37.8 Å². The summed E-state index contributed by atoms with van der Waals surface area (Å²) in [5, 5.41) is 6.62. The molecule has 1 fully saturated rings. The molecule has 19 heavy (non-hydrogen) atoms. The Labute approximate surface area is 115 Å². The lowest BCUT2D eigenvalue weighted by atomic mass is 9.87. The molecular formula is C16H24N2O. The number of rotatable bonds is 5. The monoisotopic (exact) mass is 260 g/mol. The van der Waals surface area contributed by atoms with E-state index in [4.69, 9.17) is 0 Å². The van der Waals surface area contributed by atoms with Crippen LogP contribution < -0.4 is 10.6 Å². The first-order valence-electron chi connectivity index (χ1n) is 7.34. The van der Waals surface area contributed by atoms with Crippen molar-refractivity contribution in [3.05, 3.63) is 35.9 Å². The highest BCUT2D eigenvalue weighted by atomic mass is 16.2. The Hall–Kier alpha value is -1.35. The van der Waals surface area contributed by atoms with Crippen LogP contribution in [0.4, 0.5) is 0 Å². The molecule has 1 unspecified atom stereocenters. The van der Waals surface area contributed by atoms with Crippen molar-refractivity contribution in [3.8, 4) is 0 Å². The van der Waals surface area contributed by atoms with E-state index in [2.05, 4.69) is 24.5 Å². The molecule has 0 radical (unpaired) electrons. The maximum atomic E-state index is 12.7. The highest BCUT2D eigenvalue weighted by Gasteiger charge is 2.42. The van der Waals surface area contributed by atoms with Crippen molar-refractivity contribution < 1.29 is 4.79 Å². The van der Waals surface area contributed by atoms with Gasteiger partial charge >= 0.3 is 0 Å². The molecule has 1 atom stereocenters. The Bertz CT molecular complexity index is 406. The van der Waals surface area contributed by atoms with Crippen molar-refractivity contribution in [2.75, 3.05) is 6.54 Å². The fraction of sp³-hybridized carbons (Fsp3) is 0.562. The van der Waals surface area contributed by atoms with Crippen LogP contribution in [-0.4, -0.2) is 18.5 Å². The van der Waals surface area contributed by atoms with Gasteiger partial charge in [0.1, 0.15) is 5.54 Å². The van der Waals surface area contributed by atoms with Crippen molar-refractivity contribution in [2.45, 2.75) is 51.1 Å². The third-order valence-corrected chi connectivity index (χ3v) is 4.13. The van der Waals surface area contributed by atoms with Crippen molar-refractivity contribution in [3.63, 3.8) is 0 Å². The number of hydrogen-bond acceptors (Lipinski definition) is 2. The third kappa shape index (κ3) is 2.81. The molecule has 1 aliphatic rings. The second-order valence-electron chi connectivity index (χ2n) is 5.29. The van der Waals surface area contributed by atoms with Gasteiger partial charge in [-0.3, -0.25) is 10.1 Å². The van der Waals surface area contributed by atoms with Crippen LogP contribution in [-0.2, 0) is 10.3 Å². The Morgan fingerprint density at radius 1 is 1.32 bits per heavy atom. The summed E-state index contributed by atoms with van der Waals surface area (Å²) < 4.78 is 0.